The van der Waals surface area contributed by atoms with Gasteiger partial charge < -0.3 is 4.90 Å². The van der Waals surface area contributed by atoms with Crippen molar-refractivity contribution < 1.29 is 0 Å². The van der Waals surface area contributed by atoms with Crippen molar-refractivity contribution in [2.75, 3.05) is 13.1 Å². The normalized spacial score (nSPS) is 25.4. The lowest BCUT2D eigenvalue weighted by Crippen LogP contribution is -2.34. The van der Waals surface area contributed by atoms with E-state index in [0.29, 0.717) is 0 Å². The van der Waals surface area contributed by atoms with Crippen LogP contribution >= 0.6 is 0 Å². The van der Waals surface area contributed by atoms with Gasteiger partial charge in [-0.2, -0.15) is 0 Å². The van der Waals surface area contributed by atoms with Crippen molar-refractivity contribution in [3.63, 3.8) is 0 Å². The lowest BCUT2D eigenvalue weighted by Gasteiger charge is -2.28. The highest BCUT2D eigenvalue weighted by Gasteiger charge is 2.21. The summed E-state index contributed by atoms with van der Waals surface area (Å²) in [4.78, 5) is 2.63. The number of hydrogen-bond acceptors (Lipinski definition) is 1. The monoisotopic (exact) mass is 155 g/mol. The molecular formula is C10H21N. The maximum absolute atomic E-state index is 2.63. The fraction of sp³-hybridized carbons (Fsp3) is 1.00. The van der Waals surface area contributed by atoms with Gasteiger partial charge in [-0.25, -0.2) is 0 Å². The first kappa shape index (κ1) is 9.05. The van der Waals surface area contributed by atoms with Gasteiger partial charge in [0.15, 0.2) is 0 Å². The van der Waals surface area contributed by atoms with Crippen molar-refractivity contribution in [3.05, 3.63) is 0 Å². The number of hydrogen-bond donors (Lipinski definition) is 0. The van der Waals surface area contributed by atoms with Crippen LogP contribution in [0.4, 0.5) is 0 Å². The summed E-state index contributed by atoms with van der Waals surface area (Å²) in [7, 11) is 0. The Labute approximate surface area is 70.8 Å². The third kappa shape index (κ3) is 2.19. The largest absolute Gasteiger partial charge is 0.300 e. The van der Waals surface area contributed by atoms with Crippen molar-refractivity contribution >= 4 is 0 Å². The molecular weight excluding hydrogens is 134 g/mol. The summed E-state index contributed by atoms with van der Waals surface area (Å²) in [5, 5.41) is 0. The molecule has 1 saturated heterocycles. The van der Waals surface area contributed by atoms with E-state index in [4.69, 9.17) is 0 Å². The predicted molar refractivity (Wildman–Crippen MR) is 49.7 cm³/mol. The fourth-order valence-corrected chi connectivity index (χ4v) is 1.85. The molecule has 1 rings (SSSR count). The average molecular weight is 155 g/mol. The van der Waals surface area contributed by atoms with E-state index < -0.39 is 0 Å². The molecule has 0 saturated carbocycles. The third-order valence-electron chi connectivity index (χ3n) is 3.18. The molecule has 0 aromatic rings. The van der Waals surface area contributed by atoms with Gasteiger partial charge in [0.05, 0.1) is 0 Å². The van der Waals surface area contributed by atoms with Crippen LogP contribution in [0.1, 0.15) is 40.0 Å². The molecule has 2 atom stereocenters. The van der Waals surface area contributed by atoms with E-state index in [2.05, 4.69) is 25.7 Å². The van der Waals surface area contributed by atoms with Crippen molar-refractivity contribution in [2.24, 2.45) is 5.92 Å². The SMILES string of the molecule is CCC(C)C(C)N1CCCC1. The topological polar surface area (TPSA) is 3.24 Å². The van der Waals surface area contributed by atoms with Crippen LogP contribution in [0, 0.1) is 5.92 Å². The molecule has 0 N–H and O–H groups in total. The summed E-state index contributed by atoms with van der Waals surface area (Å²) in [5.74, 6) is 0.869. The van der Waals surface area contributed by atoms with E-state index in [-0.39, 0.29) is 0 Å². The van der Waals surface area contributed by atoms with Gasteiger partial charge in [-0.1, -0.05) is 20.3 Å². The van der Waals surface area contributed by atoms with Gasteiger partial charge in [-0.15, -0.1) is 0 Å². The number of nitrogens with zero attached hydrogens (tertiary/aromatic N) is 1. The molecule has 0 aliphatic carbocycles. The van der Waals surface area contributed by atoms with Gasteiger partial charge in [0, 0.05) is 6.04 Å². The Morgan fingerprint density at radius 1 is 1.18 bits per heavy atom. The lowest BCUT2D eigenvalue weighted by atomic mass is 10.00. The second-order valence-electron chi connectivity index (χ2n) is 3.87. The minimum atomic E-state index is 0.808. The van der Waals surface area contributed by atoms with E-state index in [1.807, 2.05) is 0 Å². The predicted octanol–water partition coefficient (Wildman–Crippen LogP) is 2.52. The van der Waals surface area contributed by atoms with E-state index in [0.717, 1.165) is 12.0 Å². The average Bonchev–Trinajstić information content (AvgIpc) is 2.53. The minimum Gasteiger partial charge on any atom is -0.300 e. The summed E-state index contributed by atoms with van der Waals surface area (Å²) in [6.45, 7) is 9.71. The van der Waals surface area contributed by atoms with Gasteiger partial charge in [-0.05, 0) is 38.8 Å². The maximum Gasteiger partial charge on any atom is 0.00924 e. The second-order valence-corrected chi connectivity index (χ2v) is 3.87. The summed E-state index contributed by atoms with van der Waals surface area (Å²) >= 11 is 0. The zero-order chi connectivity index (χ0) is 8.27. The summed E-state index contributed by atoms with van der Waals surface area (Å²) in [6, 6.07) is 0.808. The molecule has 0 spiro atoms. The molecule has 0 bridgehead atoms. The molecule has 11 heavy (non-hydrogen) atoms. The summed E-state index contributed by atoms with van der Waals surface area (Å²) in [5.41, 5.74) is 0. The van der Waals surface area contributed by atoms with Crippen molar-refractivity contribution in [3.8, 4) is 0 Å². The molecule has 1 aliphatic heterocycles. The molecule has 2 unspecified atom stereocenters. The maximum atomic E-state index is 2.63. The quantitative estimate of drug-likeness (QED) is 0.605. The van der Waals surface area contributed by atoms with Gasteiger partial charge >= 0.3 is 0 Å². The third-order valence-corrected chi connectivity index (χ3v) is 3.18. The molecule has 0 aromatic carbocycles. The highest BCUT2D eigenvalue weighted by atomic mass is 15.2. The zero-order valence-corrected chi connectivity index (χ0v) is 8.14. The highest BCUT2D eigenvalue weighted by Crippen LogP contribution is 2.18. The molecule has 1 aliphatic rings. The number of rotatable bonds is 3. The van der Waals surface area contributed by atoms with E-state index >= 15 is 0 Å². The first-order chi connectivity index (χ1) is 5.25. The van der Waals surface area contributed by atoms with Gasteiger partial charge in [-0.3, -0.25) is 0 Å². The van der Waals surface area contributed by atoms with Crippen LogP contribution in [-0.2, 0) is 0 Å². The lowest BCUT2D eigenvalue weighted by molar-refractivity contribution is 0.195. The van der Waals surface area contributed by atoms with Crippen LogP contribution < -0.4 is 0 Å². The van der Waals surface area contributed by atoms with Crippen molar-refractivity contribution in [2.45, 2.75) is 46.1 Å². The van der Waals surface area contributed by atoms with Crippen molar-refractivity contribution in [1.82, 2.24) is 4.90 Å². The van der Waals surface area contributed by atoms with Gasteiger partial charge in [0.2, 0.25) is 0 Å². The van der Waals surface area contributed by atoms with Crippen LogP contribution in [0.15, 0.2) is 0 Å². The molecule has 1 heteroatoms. The molecule has 0 aromatic heterocycles. The molecule has 66 valence electrons. The van der Waals surface area contributed by atoms with Crippen LogP contribution in [0.25, 0.3) is 0 Å². The highest BCUT2D eigenvalue weighted by molar-refractivity contribution is 4.75. The Kier molecular flexibility index (Phi) is 3.38. The van der Waals surface area contributed by atoms with Crippen LogP contribution in [0.5, 0.6) is 0 Å². The van der Waals surface area contributed by atoms with Crippen molar-refractivity contribution in [1.29, 1.82) is 0 Å². The van der Waals surface area contributed by atoms with Crippen LogP contribution in [0.2, 0.25) is 0 Å². The molecule has 1 heterocycles. The molecule has 0 amide bonds. The molecule has 0 radical (unpaired) electrons. The first-order valence-electron chi connectivity index (χ1n) is 4.99. The summed E-state index contributed by atoms with van der Waals surface area (Å²) < 4.78 is 0. The minimum absolute atomic E-state index is 0.808. The Hall–Kier alpha value is -0.0400. The Morgan fingerprint density at radius 2 is 1.73 bits per heavy atom. The second kappa shape index (κ2) is 4.10. The Balaban J connectivity index is 2.32. The van der Waals surface area contributed by atoms with E-state index in [1.165, 1.54) is 32.4 Å². The Morgan fingerprint density at radius 3 is 2.18 bits per heavy atom. The van der Waals surface area contributed by atoms with E-state index in [9.17, 15) is 0 Å². The number of likely N-dealkylation sites (tertiary alicyclic amines) is 1. The van der Waals surface area contributed by atoms with Crippen LogP contribution in [0.3, 0.4) is 0 Å². The standard InChI is InChI=1S/C10H21N/c1-4-9(2)10(3)11-7-5-6-8-11/h9-10H,4-8H2,1-3H3. The molecule has 1 fully saturated rings. The van der Waals surface area contributed by atoms with Gasteiger partial charge in [0.25, 0.3) is 0 Å². The first-order valence-corrected chi connectivity index (χ1v) is 4.99. The van der Waals surface area contributed by atoms with E-state index in [1.54, 1.807) is 0 Å². The fourth-order valence-electron chi connectivity index (χ4n) is 1.85. The zero-order valence-electron chi connectivity index (χ0n) is 8.14. The van der Waals surface area contributed by atoms with Gasteiger partial charge in [0.1, 0.15) is 0 Å². The smallest absolute Gasteiger partial charge is 0.00924 e. The Bertz CT molecular complexity index is 105. The van der Waals surface area contributed by atoms with Crippen LogP contribution in [-0.4, -0.2) is 24.0 Å². The molecule has 1 nitrogen and oxygen atoms in total. The summed E-state index contributed by atoms with van der Waals surface area (Å²) in [6.07, 6.45) is 4.15.